The molecule has 1 aromatic heterocycles. The Morgan fingerprint density at radius 2 is 1.94 bits per heavy atom. The van der Waals surface area contributed by atoms with Crippen LogP contribution in [0.5, 0.6) is 0 Å². The molecule has 8 heteroatoms. The van der Waals surface area contributed by atoms with Gasteiger partial charge >= 0.3 is 5.97 Å². The molecule has 3 aromatic rings. The zero-order valence-electron chi connectivity index (χ0n) is 19.5. The molecule has 2 amide bonds. The first-order chi connectivity index (χ1) is 17.0. The number of piperazine rings is 1. The Labute approximate surface area is 202 Å². The zero-order valence-corrected chi connectivity index (χ0v) is 19.5. The number of aromatic nitrogens is 1. The van der Waals surface area contributed by atoms with Gasteiger partial charge in [0, 0.05) is 36.2 Å². The van der Waals surface area contributed by atoms with Crippen molar-refractivity contribution in [2.24, 2.45) is 0 Å². The van der Waals surface area contributed by atoms with E-state index in [0.717, 1.165) is 40.6 Å². The van der Waals surface area contributed by atoms with E-state index in [1.807, 2.05) is 30.3 Å². The molecule has 3 unspecified atom stereocenters. The first kappa shape index (κ1) is 21.9. The maximum atomic E-state index is 13.7. The Morgan fingerprint density at radius 3 is 2.69 bits per heavy atom. The van der Waals surface area contributed by atoms with Gasteiger partial charge in [-0.2, -0.15) is 0 Å². The van der Waals surface area contributed by atoms with E-state index in [-0.39, 0.29) is 24.5 Å². The van der Waals surface area contributed by atoms with Crippen molar-refractivity contribution in [3.05, 3.63) is 70.9 Å². The first-order valence-corrected chi connectivity index (χ1v) is 12.0. The molecule has 6 rings (SSSR count). The minimum Gasteiger partial charge on any atom is -0.465 e. The molecular formula is C27H27N3O5. The van der Waals surface area contributed by atoms with Crippen molar-refractivity contribution in [1.82, 2.24) is 14.8 Å². The summed E-state index contributed by atoms with van der Waals surface area (Å²) in [4.78, 5) is 46.2. The Kier molecular flexibility index (Phi) is 5.33. The van der Waals surface area contributed by atoms with Crippen molar-refractivity contribution >= 4 is 28.7 Å². The van der Waals surface area contributed by atoms with E-state index >= 15 is 0 Å². The second-order valence-electron chi connectivity index (χ2n) is 9.45. The van der Waals surface area contributed by atoms with Gasteiger partial charge in [-0.25, -0.2) is 4.79 Å². The third kappa shape index (κ3) is 3.60. The fraction of sp³-hybridized carbons (Fsp3) is 0.370. The summed E-state index contributed by atoms with van der Waals surface area (Å²) in [5, 5.41) is 1.06. The zero-order chi connectivity index (χ0) is 24.1. The van der Waals surface area contributed by atoms with Crippen LogP contribution in [0.3, 0.4) is 0 Å². The Balaban J connectivity index is 1.43. The molecular weight excluding hydrogens is 446 g/mol. The molecule has 3 aliphatic heterocycles. The number of carbonyl (C=O) groups excluding carboxylic acids is 3. The van der Waals surface area contributed by atoms with E-state index in [4.69, 9.17) is 9.47 Å². The van der Waals surface area contributed by atoms with Gasteiger partial charge in [0.2, 0.25) is 11.8 Å². The topological polar surface area (TPSA) is 91.9 Å². The van der Waals surface area contributed by atoms with Gasteiger partial charge < -0.3 is 24.3 Å². The number of amides is 2. The van der Waals surface area contributed by atoms with E-state index in [0.29, 0.717) is 25.1 Å². The lowest BCUT2D eigenvalue weighted by molar-refractivity contribution is -0.159. The lowest BCUT2D eigenvalue weighted by Crippen LogP contribution is -2.63. The Bertz CT molecular complexity index is 1310. The highest BCUT2D eigenvalue weighted by Crippen LogP contribution is 2.42. The van der Waals surface area contributed by atoms with Crippen LogP contribution in [0.1, 0.15) is 46.1 Å². The summed E-state index contributed by atoms with van der Waals surface area (Å²) in [5.74, 6) is -0.537. The second kappa shape index (κ2) is 8.53. The number of ether oxygens (including phenoxy) is 2. The van der Waals surface area contributed by atoms with Crippen molar-refractivity contribution in [3.8, 4) is 0 Å². The summed E-state index contributed by atoms with van der Waals surface area (Å²) in [5.41, 5.74) is 4.23. The molecule has 1 N–H and O–H groups in total. The van der Waals surface area contributed by atoms with Crippen molar-refractivity contribution in [3.63, 3.8) is 0 Å². The van der Waals surface area contributed by atoms with Crippen LogP contribution < -0.4 is 0 Å². The number of H-pyrrole nitrogens is 1. The summed E-state index contributed by atoms with van der Waals surface area (Å²) in [6, 6.07) is 14.1. The van der Waals surface area contributed by atoms with Crippen molar-refractivity contribution < 1.29 is 23.9 Å². The Hall–Kier alpha value is -3.65. The number of para-hydroxylation sites is 1. The molecule has 3 atom stereocenters. The number of benzene rings is 2. The molecule has 8 nitrogen and oxygen atoms in total. The molecule has 0 radical (unpaired) electrons. The van der Waals surface area contributed by atoms with Crippen LogP contribution in [0.15, 0.2) is 48.5 Å². The minimum absolute atomic E-state index is 0.00722. The number of hydrogen-bond acceptors (Lipinski definition) is 5. The maximum absolute atomic E-state index is 13.7. The van der Waals surface area contributed by atoms with Crippen LogP contribution in [0.2, 0.25) is 0 Å². The number of fused-ring (bicyclic) bond motifs is 4. The lowest BCUT2D eigenvalue weighted by Gasteiger charge is -2.47. The van der Waals surface area contributed by atoms with Gasteiger partial charge in [0.05, 0.1) is 31.4 Å². The molecule has 0 spiro atoms. The summed E-state index contributed by atoms with van der Waals surface area (Å²) in [6.07, 6.45) is 2.35. The standard InChI is InChI=1S/C27H27N3O5/c1-34-27(33)17-10-8-16(9-11-17)25-24-20(19-6-2-3-7-21(19)28-24)13-22-26(32)29(15-23(31)30(22)25)14-18-5-4-12-35-18/h2-3,6-11,18,22,25,28H,4-5,12-15H2,1H3. The molecule has 2 fully saturated rings. The number of nitrogens with one attached hydrogen (secondary N) is 1. The molecule has 180 valence electrons. The molecule has 0 bridgehead atoms. The van der Waals surface area contributed by atoms with Gasteiger partial charge in [0.25, 0.3) is 0 Å². The van der Waals surface area contributed by atoms with Crippen LogP contribution in [-0.4, -0.2) is 71.5 Å². The van der Waals surface area contributed by atoms with E-state index in [9.17, 15) is 14.4 Å². The predicted octanol–water partition coefficient (Wildman–Crippen LogP) is 2.82. The monoisotopic (exact) mass is 473 g/mol. The predicted molar refractivity (Wildman–Crippen MR) is 128 cm³/mol. The number of esters is 1. The highest BCUT2D eigenvalue weighted by molar-refractivity contribution is 5.97. The van der Waals surface area contributed by atoms with Gasteiger partial charge in [0.1, 0.15) is 6.04 Å². The van der Waals surface area contributed by atoms with Gasteiger partial charge in [0.15, 0.2) is 0 Å². The first-order valence-electron chi connectivity index (χ1n) is 12.0. The number of nitrogens with zero attached hydrogens (tertiary/aromatic N) is 2. The fourth-order valence-corrected chi connectivity index (χ4v) is 5.78. The van der Waals surface area contributed by atoms with Crippen molar-refractivity contribution in [2.45, 2.75) is 37.5 Å². The summed E-state index contributed by atoms with van der Waals surface area (Å²) >= 11 is 0. The van der Waals surface area contributed by atoms with Crippen LogP contribution in [0, 0.1) is 0 Å². The van der Waals surface area contributed by atoms with Crippen LogP contribution >= 0.6 is 0 Å². The molecule has 4 heterocycles. The average molecular weight is 474 g/mol. The molecule has 35 heavy (non-hydrogen) atoms. The summed E-state index contributed by atoms with van der Waals surface area (Å²) < 4.78 is 10.6. The third-order valence-electron chi connectivity index (χ3n) is 7.44. The van der Waals surface area contributed by atoms with Gasteiger partial charge in [-0.1, -0.05) is 30.3 Å². The molecule has 3 aliphatic rings. The third-order valence-corrected chi connectivity index (χ3v) is 7.44. The second-order valence-corrected chi connectivity index (χ2v) is 9.45. The summed E-state index contributed by atoms with van der Waals surface area (Å²) in [7, 11) is 1.35. The molecule has 0 aliphatic carbocycles. The van der Waals surface area contributed by atoms with Gasteiger partial charge in [-0.05, 0) is 42.2 Å². The molecule has 2 saturated heterocycles. The Morgan fingerprint density at radius 1 is 1.14 bits per heavy atom. The number of methoxy groups -OCH3 is 1. The van der Waals surface area contributed by atoms with Crippen LogP contribution in [0.4, 0.5) is 0 Å². The smallest absolute Gasteiger partial charge is 0.337 e. The molecule has 0 saturated carbocycles. The fourth-order valence-electron chi connectivity index (χ4n) is 5.78. The van der Waals surface area contributed by atoms with Crippen LogP contribution in [0.25, 0.3) is 10.9 Å². The van der Waals surface area contributed by atoms with E-state index in [2.05, 4.69) is 11.1 Å². The number of hydrogen-bond donors (Lipinski definition) is 1. The normalized spacial score (nSPS) is 24.0. The van der Waals surface area contributed by atoms with Gasteiger partial charge in [-0.3, -0.25) is 9.59 Å². The van der Waals surface area contributed by atoms with Crippen molar-refractivity contribution in [2.75, 3.05) is 26.8 Å². The quantitative estimate of drug-likeness (QED) is 0.589. The highest BCUT2D eigenvalue weighted by Gasteiger charge is 2.48. The number of rotatable bonds is 4. The maximum Gasteiger partial charge on any atom is 0.337 e. The lowest BCUT2D eigenvalue weighted by atomic mass is 9.86. The van der Waals surface area contributed by atoms with Crippen molar-refractivity contribution in [1.29, 1.82) is 0 Å². The highest BCUT2D eigenvalue weighted by atomic mass is 16.5. The van der Waals surface area contributed by atoms with E-state index in [1.54, 1.807) is 21.9 Å². The largest absolute Gasteiger partial charge is 0.465 e. The average Bonchev–Trinajstić information content (AvgIpc) is 3.53. The SMILES string of the molecule is COC(=O)c1ccc(C2c3[nH]c4ccccc4c3CC3C(=O)N(CC4CCCO4)CC(=O)N32)cc1. The van der Waals surface area contributed by atoms with Crippen LogP contribution in [-0.2, 0) is 25.5 Å². The minimum atomic E-state index is -0.588. The molecule has 2 aromatic carbocycles. The van der Waals surface area contributed by atoms with E-state index in [1.165, 1.54) is 7.11 Å². The number of aromatic amines is 1. The number of carbonyl (C=O) groups is 3. The summed E-state index contributed by atoms with van der Waals surface area (Å²) in [6.45, 7) is 1.20. The van der Waals surface area contributed by atoms with Gasteiger partial charge in [-0.15, -0.1) is 0 Å². The van der Waals surface area contributed by atoms with E-state index < -0.39 is 18.1 Å².